The molecule has 0 fully saturated rings. The first kappa shape index (κ1) is 12.4. The molecule has 1 aliphatic carbocycles. The van der Waals surface area contributed by atoms with Crippen molar-refractivity contribution in [1.29, 1.82) is 0 Å². The Labute approximate surface area is 102 Å². The number of fused-ring (bicyclic) bond motifs is 1. The second-order valence-electron chi connectivity index (χ2n) is 4.30. The Bertz CT molecular complexity index is 507. The predicted octanol–water partition coefficient (Wildman–Crippen LogP) is 1.53. The monoisotopic (exact) mass is 256 g/mol. The summed E-state index contributed by atoms with van der Waals surface area (Å²) in [5.41, 5.74) is 2.36. The highest BCUT2D eigenvalue weighted by Crippen LogP contribution is 2.27. The van der Waals surface area contributed by atoms with Gasteiger partial charge < -0.3 is 4.74 Å². The summed E-state index contributed by atoms with van der Waals surface area (Å²) in [4.78, 5) is 0. The van der Waals surface area contributed by atoms with Crippen LogP contribution in [0, 0.1) is 0 Å². The molecule has 0 saturated carbocycles. The summed E-state index contributed by atoms with van der Waals surface area (Å²) in [6.07, 6.45) is 3.06. The maximum absolute atomic E-state index is 11.1. The van der Waals surface area contributed by atoms with E-state index >= 15 is 0 Å². The van der Waals surface area contributed by atoms with Crippen LogP contribution in [-0.4, -0.2) is 27.9 Å². The van der Waals surface area contributed by atoms with Crippen molar-refractivity contribution in [1.82, 2.24) is 0 Å². The number of methoxy groups -OCH3 is 1. The van der Waals surface area contributed by atoms with Gasteiger partial charge in [-0.15, -0.1) is 0 Å². The molecular formula is C12H16O4S. The van der Waals surface area contributed by atoms with Crippen molar-refractivity contribution in [2.75, 3.05) is 13.4 Å². The van der Waals surface area contributed by atoms with Crippen LogP contribution < -0.4 is 4.74 Å². The molecule has 0 radical (unpaired) electrons. The summed E-state index contributed by atoms with van der Waals surface area (Å²) in [7, 11) is -1.75. The zero-order chi connectivity index (χ0) is 12.5. The SMILES string of the molecule is COc1ccc2c(c1)CC(OS(C)(=O)=O)CC2. The van der Waals surface area contributed by atoms with E-state index in [9.17, 15) is 8.42 Å². The summed E-state index contributed by atoms with van der Waals surface area (Å²) in [6.45, 7) is 0. The van der Waals surface area contributed by atoms with Gasteiger partial charge in [-0.25, -0.2) is 0 Å². The van der Waals surface area contributed by atoms with Crippen LogP contribution in [-0.2, 0) is 27.1 Å². The molecule has 1 atom stereocenters. The number of ether oxygens (including phenoxy) is 1. The molecule has 0 spiro atoms. The van der Waals surface area contributed by atoms with E-state index in [-0.39, 0.29) is 6.10 Å². The molecule has 0 saturated heterocycles. The fourth-order valence-corrected chi connectivity index (χ4v) is 2.81. The van der Waals surface area contributed by atoms with Gasteiger partial charge in [-0.1, -0.05) is 6.07 Å². The number of rotatable bonds is 3. The van der Waals surface area contributed by atoms with Crippen molar-refractivity contribution in [3.05, 3.63) is 29.3 Å². The van der Waals surface area contributed by atoms with E-state index in [0.717, 1.165) is 30.4 Å². The van der Waals surface area contributed by atoms with E-state index in [4.69, 9.17) is 8.92 Å². The van der Waals surface area contributed by atoms with E-state index < -0.39 is 10.1 Å². The Kier molecular flexibility index (Phi) is 3.40. The lowest BCUT2D eigenvalue weighted by atomic mass is 9.90. The van der Waals surface area contributed by atoms with Crippen molar-refractivity contribution in [3.63, 3.8) is 0 Å². The van der Waals surface area contributed by atoms with Gasteiger partial charge in [-0.05, 0) is 36.1 Å². The van der Waals surface area contributed by atoms with Gasteiger partial charge in [0, 0.05) is 6.42 Å². The van der Waals surface area contributed by atoms with Crippen LogP contribution in [0.4, 0.5) is 0 Å². The topological polar surface area (TPSA) is 52.6 Å². The molecular weight excluding hydrogens is 240 g/mol. The van der Waals surface area contributed by atoms with E-state index in [0.29, 0.717) is 6.42 Å². The number of aryl methyl sites for hydroxylation is 1. The molecule has 5 heteroatoms. The average Bonchev–Trinajstić information content (AvgIpc) is 2.26. The lowest BCUT2D eigenvalue weighted by Gasteiger charge is -2.24. The standard InChI is InChI=1S/C12H16O4S/c1-15-11-5-3-9-4-6-12(8-10(9)7-11)16-17(2,13)14/h3,5,7,12H,4,6,8H2,1-2H3. The molecule has 1 aromatic carbocycles. The molecule has 0 aliphatic heterocycles. The van der Waals surface area contributed by atoms with Crippen molar-refractivity contribution >= 4 is 10.1 Å². The Balaban J connectivity index is 2.17. The largest absolute Gasteiger partial charge is 0.497 e. The minimum Gasteiger partial charge on any atom is -0.497 e. The first-order chi connectivity index (χ1) is 7.98. The van der Waals surface area contributed by atoms with Gasteiger partial charge in [0.05, 0.1) is 19.5 Å². The van der Waals surface area contributed by atoms with Gasteiger partial charge in [0.2, 0.25) is 0 Å². The lowest BCUT2D eigenvalue weighted by molar-refractivity contribution is 0.194. The Morgan fingerprint density at radius 1 is 1.29 bits per heavy atom. The Morgan fingerprint density at radius 3 is 2.71 bits per heavy atom. The van der Waals surface area contributed by atoms with Gasteiger partial charge in [0.15, 0.2) is 0 Å². The normalized spacial score (nSPS) is 19.8. The van der Waals surface area contributed by atoms with Gasteiger partial charge in [-0.3, -0.25) is 4.18 Å². The smallest absolute Gasteiger partial charge is 0.264 e. The van der Waals surface area contributed by atoms with Crippen LogP contribution in [0.2, 0.25) is 0 Å². The van der Waals surface area contributed by atoms with E-state index in [1.807, 2.05) is 18.2 Å². The van der Waals surface area contributed by atoms with Crippen LogP contribution >= 0.6 is 0 Å². The zero-order valence-electron chi connectivity index (χ0n) is 9.97. The Morgan fingerprint density at radius 2 is 2.06 bits per heavy atom. The number of hydrogen-bond acceptors (Lipinski definition) is 4. The summed E-state index contributed by atoms with van der Waals surface area (Å²) >= 11 is 0. The molecule has 0 N–H and O–H groups in total. The maximum Gasteiger partial charge on any atom is 0.264 e. The molecule has 94 valence electrons. The van der Waals surface area contributed by atoms with Crippen LogP contribution in [0.1, 0.15) is 17.5 Å². The molecule has 1 aliphatic rings. The second kappa shape index (κ2) is 4.66. The molecule has 1 unspecified atom stereocenters. The number of hydrogen-bond donors (Lipinski definition) is 0. The molecule has 4 nitrogen and oxygen atoms in total. The van der Waals surface area contributed by atoms with E-state index in [2.05, 4.69) is 0 Å². The van der Waals surface area contributed by atoms with Crippen LogP contribution in [0.25, 0.3) is 0 Å². The molecule has 0 aromatic heterocycles. The summed E-state index contributed by atoms with van der Waals surface area (Å²) in [6, 6.07) is 5.91. The third-order valence-electron chi connectivity index (χ3n) is 2.91. The summed E-state index contributed by atoms with van der Waals surface area (Å²) < 4.78 is 32.4. The highest BCUT2D eigenvalue weighted by Gasteiger charge is 2.22. The molecule has 1 aromatic rings. The van der Waals surface area contributed by atoms with Crippen LogP contribution in [0.15, 0.2) is 18.2 Å². The average molecular weight is 256 g/mol. The summed E-state index contributed by atoms with van der Waals surface area (Å²) in [5, 5.41) is 0. The molecule has 2 rings (SSSR count). The quantitative estimate of drug-likeness (QED) is 0.770. The predicted molar refractivity (Wildman–Crippen MR) is 64.7 cm³/mol. The minimum atomic E-state index is -3.37. The molecule has 17 heavy (non-hydrogen) atoms. The van der Waals surface area contributed by atoms with Gasteiger partial charge in [0.25, 0.3) is 10.1 Å². The first-order valence-electron chi connectivity index (χ1n) is 5.52. The van der Waals surface area contributed by atoms with Gasteiger partial charge >= 0.3 is 0 Å². The van der Waals surface area contributed by atoms with Crippen LogP contribution in [0.5, 0.6) is 5.75 Å². The molecule has 0 heterocycles. The third-order valence-corrected chi connectivity index (χ3v) is 3.53. The molecule has 0 bridgehead atoms. The zero-order valence-corrected chi connectivity index (χ0v) is 10.8. The Hall–Kier alpha value is -1.07. The molecule has 0 amide bonds. The van der Waals surface area contributed by atoms with Gasteiger partial charge in [0.1, 0.15) is 5.75 Å². The van der Waals surface area contributed by atoms with Crippen molar-refractivity contribution < 1.29 is 17.3 Å². The number of benzene rings is 1. The second-order valence-corrected chi connectivity index (χ2v) is 5.90. The van der Waals surface area contributed by atoms with Gasteiger partial charge in [-0.2, -0.15) is 8.42 Å². The lowest BCUT2D eigenvalue weighted by Crippen LogP contribution is -2.25. The van der Waals surface area contributed by atoms with Crippen LogP contribution in [0.3, 0.4) is 0 Å². The van der Waals surface area contributed by atoms with Crippen molar-refractivity contribution in [3.8, 4) is 5.75 Å². The van der Waals surface area contributed by atoms with E-state index in [1.165, 1.54) is 5.56 Å². The fourth-order valence-electron chi connectivity index (χ4n) is 2.16. The minimum absolute atomic E-state index is 0.246. The van der Waals surface area contributed by atoms with Crippen molar-refractivity contribution in [2.24, 2.45) is 0 Å². The first-order valence-corrected chi connectivity index (χ1v) is 7.33. The maximum atomic E-state index is 11.1. The third kappa shape index (κ3) is 3.20. The highest BCUT2D eigenvalue weighted by atomic mass is 32.2. The highest BCUT2D eigenvalue weighted by molar-refractivity contribution is 7.86. The summed E-state index contributed by atoms with van der Waals surface area (Å²) in [5.74, 6) is 0.795. The van der Waals surface area contributed by atoms with Crippen molar-refractivity contribution in [2.45, 2.75) is 25.4 Å². The van der Waals surface area contributed by atoms with E-state index in [1.54, 1.807) is 7.11 Å². The fraction of sp³-hybridized carbons (Fsp3) is 0.500.